The fraction of sp³-hybridized carbons (Fsp3) is 0.333. The maximum Gasteiger partial charge on any atom is 0.0406 e. The van der Waals surface area contributed by atoms with Gasteiger partial charge in [-0.15, -0.1) is 0 Å². The first-order chi connectivity index (χ1) is 9.74. The van der Waals surface area contributed by atoms with Crippen molar-refractivity contribution in [3.05, 3.63) is 71.3 Å². The number of rotatable bonds is 2. The van der Waals surface area contributed by atoms with Crippen molar-refractivity contribution in [1.29, 1.82) is 0 Å². The molecule has 2 aromatic rings. The number of hydrogen-bond donors (Lipinski definition) is 1. The number of hydrogen-bond acceptors (Lipinski definition) is 2. The van der Waals surface area contributed by atoms with Crippen molar-refractivity contribution in [3.8, 4) is 0 Å². The second kappa shape index (κ2) is 4.44. The molecule has 0 aromatic heterocycles. The highest BCUT2D eigenvalue weighted by Gasteiger charge is 2.49. The predicted molar refractivity (Wildman–Crippen MR) is 81.5 cm³/mol. The third-order valence-corrected chi connectivity index (χ3v) is 4.85. The van der Waals surface area contributed by atoms with Crippen LogP contribution in [0, 0.1) is 0 Å². The van der Waals surface area contributed by atoms with E-state index in [9.17, 15) is 0 Å². The summed E-state index contributed by atoms with van der Waals surface area (Å²) in [6.45, 7) is 3.10. The summed E-state index contributed by atoms with van der Waals surface area (Å²) >= 11 is 0. The molecule has 1 fully saturated rings. The molecule has 0 unspecified atom stereocenters. The van der Waals surface area contributed by atoms with E-state index in [0.29, 0.717) is 5.92 Å². The summed E-state index contributed by atoms with van der Waals surface area (Å²) in [5.41, 5.74) is 11.0. The molecule has 1 aliphatic heterocycles. The number of fused-ring (bicyclic) bond motifs is 3. The molecular formula is C18H20N2. The molecule has 0 bridgehead atoms. The Morgan fingerprint density at radius 1 is 1.05 bits per heavy atom. The molecule has 20 heavy (non-hydrogen) atoms. The van der Waals surface area contributed by atoms with Crippen LogP contribution in [0.5, 0.6) is 0 Å². The molecule has 2 aliphatic rings. The normalized spacial score (nSPS) is 28.4. The van der Waals surface area contributed by atoms with Gasteiger partial charge < -0.3 is 5.73 Å². The van der Waals surface area contributed by atoms with E-state index in [0.717, 1.165) is 26.1 Å². The van der Waals surface area contributed by atoms with Crippen LogP contribution >= 0.6 is 0 Å². The molecule has 0 spiro atoms. The maximum atomic E-state index is 6.72. The molecule has 2 nitrogen and oxygen atoms in total. The quantitative estimate of drug-likeness (QED) is 0.903. The highest BCUT2D eigenvalue weighted by molar-refractivity contribution is 5.42. The lowest BCUT2D eigenvalue weighted by molar-refractivity contribution is 0.302. The second-order valence-corrected chi connectivity index (χ2v) is 6.32. The summed E-state index contributed by atoms with van der Waals surface area (Å²) in [5, 5.41) is 0. The first kappa shape index (κ1) is 12.1. The van der Waals surface area contributed by atoms with E-state index in [1.807, 2.05) is 0 Å². The lowest BCUT2D eigenvalue weighted by atomic mass is 9.89. The van der Waals surface area contributed by atoms with E-state index in [1.54, 1.807) is 0 Å². The molecule has 0 saturated carbocycles. The van der Waals surface area contributed by atoms with E-state index < -0.39 is 0 Å². The third-order valence-electron chi connectivity index (χ3n) is 4.85. The molecule has 0 amide bonds. The number of nitrogens with two attached hydrogens (primary N) is 1. The van der Waals surface area contributed by atoms with Gasteiger partial charge in [-0.05, 0) is 23.1 Å². The molecule has 2 aromatic carbocycles. The van der Waals surface area contributed by atoms with Crippen LogP contribution in [0.15, 0.2) is 54.6 Å². The first-order valence-electron chi connectivity index (χ1n) is 7.38. The summed E-state index contributed by atoms with van der Waals surface area (Å²) in [6, 6.07) is 19.5. The van der Waals surface area contributed by atoms with Crippen LogP contribution in [0.25, 0.3) is 0 Å². The minimum Gasteiger partial charge on any atom is -0.323 e. The van der Waals surface area contributed by atoms with E-state index >= 15 is 0 Å². The first-order valence-corrected chi connectivity index (χ1v) is 7.38. The van der Waals surface area contributed by atoms with E-state index in [4.69, 9.17) is 5.73 Å². The molecule has 102 valence electrons. The van der Waals surface area contributed by atoms with Gasteiger partial charge in [0.25, 0.3) is 0 Å². The summed E-state index contributed by atoms with van der Waals surface area (Å²) in [7, 11) is 0. The SMILES string of the molecule is N[C@]12Cc3ccccc3[C@H]1CN(Cc1ccccc1)C2. The number of likely N-dealkylation sites (tertiary alicyclic amines) is 1. The van der Waals surface area contributed by atoms with E-state index in [-0.39, 0.29) is 5.54 Å². The highest BCUT2D eigenvalue weighted by atomic mass is 15.2. The summed E-state index contributed by atoms with van der Waals surface area (Å²) in [6.07, 6.45) is 1.03. The number of nitrogens with zero attached hydrogens (tertiary/aromatic N) is 1. The van der Waals surface area contributed by atoms with Crippen molar-refractivity contribution in [2.24, 2.45) is 5.73 Å². The average Bonchev–Trinajstić information content (AvgIpc) is 2.89. The van der Waals surface area contributed by atoms with Crippen LogP contribution in [0.2, 0.25) is 0 Å². The molecular weight excluding hydrogens is 244 g/mol. The molecule has 1 heterocycles. The van der Waals surface area contributed by atoms with Crippen LogP contribution in [0.3, 0.4) is 0 Å². The van der Waals surface area contributed by atoms with Crippen molar-refractivity contribution in [3.63, 3.8) is 0 Å². The topological polar surface area (TPSA) is 29.3 Å². The zero-order valence-corrected chi connectivity index (χ0v) is 11.6. The van der Waals surface area contributed by atoms with Gasteiger partial charge in [0.1, 0.15) is 0 Å². The van der Waals surface area contributed by atoms with Gasteiger partial charge in [0.2, 0.25) is 0 Å². The standard InChI is InChI=1S/C18H20N2/c19-18-10-15-8-4-5-9-16(15)17(18)12-20(13-18)11-14-6-2-1-3-7-14/h1-9,17H,10-13,19H2/t17-,18+/m1/s1. The Morgan fingerprint density at radius 3 is 2.65 bits per heavy atom. The van der Waals surface area contributed by atoms with E-state index in [1.165, 1.54) is 16.7 Å². The lowest BCUT2D eigenvalue weighted by Gasteiger charge is -2.23. The Balaban J connectivity index is 1.57. The summed E-state index contributed by atoms with van der Waals surface area (Å²) in [5.74, 6) is 0.502. The fourth-order valence-corrected chi connectivity index (χ4v) is 3.97. The fourth-order valence-electron chi connectivity index (χ4n) is 3.97. The van der Waals surface area contributed by atoms with Crippen molar-refractivity contribution in [2.75, 3.05) is 13.1 Å². The van der Waals surface area contributed by atoms with Crippen LogP contribution in [-0.2, 0) is 13.0 Å². The Kier molecular flexibility index (Phi) is 2.69. The molecule has 1 aliphatic carbocycles. The van der Waals surface area contributed by atoms with Crippen LogP contribution < -0.4 is 5.73 Å². The third kappa shape index (κ3) is 1.88. The van der Waals surface area contributed by atoms with Gasteiger partial charge >= 0.3 is 0 Å². The second-order valence-electron chi connectivity index (χ2n) is 6.32. The molecule has 2 N–H and O–H groups in total. The van der Waals surface area contributed by atoms with Gasteiger partial charge in [-0.3, -0.25) is 4.90 Å². The van der Waals surface area contributed by atoms with Crippen molar-refractivity contribution >= 4 is 0 Å². The van der Waals surface area contributed by atoms with Crippen molar-refractivity contribution in [1.82, 2.24) is 4.90 Å². The maximum absolute atomic E-state index is 6.72. The zero-order valence-electron chi connectivity index (χ0n) is 11.6. The Morgan fingerprint density at radius 2 is 1.80 bits per heavy atom. The van der Waals surface area contributed by atoms with Crippen LogP contribution in [0.4, 0.5) is 0 Å². The largest absolute Gasteiger partial charge is 0.323 e. The minimum absolute atomic E-state index is 0.0571. The van der Waals surface area contributed by atoms with Gasteiger partial charge in [-0.2, -0.15) is 0 Å². The minimum atomic E-state index is -0.0571. The molecule has 2 atom stereocenters. The summed E-state index contributed by atoms with van der Waals surface area (Å²) < 4.78 is 0. The van der Waals surface area contributed by atoms with E-state index in [2.05, 4.69) is 59.5 Å². The highest BCUT2D eigenvalue weighted by Crippen LogP contribution is 2.44. The van der Waals surface area contributed by atoms with Gasteiger partial charge in [0, 0.05) is 31.1 Å². The van der Waals surface area contributed by atoms with Crippen LogP contribution in [0.1, 0.15) is 22.6 Å². The lowest BCUT2D eigenvalue weighted by Crippen LogP contribution is -2.45. The van der Waals surface area contributed by atoms with Crippen molar-refractivity contribution in [2.45, 2.75) is 24.4 Å². The Bertz CT molecular complexity index is 622. The number of benzene rings is 2. The van der Waals surface area contributed by atoms with Gasteiger partial charge in [0.05, 0.1) is 0 Å². The summed E-state index contributed by atoms with van der Waals surface area (Å²) in [4.78, 5) is 2.51. The average molecular weight is 264 g/mol. The van der Waals surface area contributed by atoms with Gasteiger partial charge in [0.15, 0.2) is 0 Å². The Labute approximate surface area is 120 Å². The van der Waals surface area contributed by atoms with Crippen LogP contribution in [-0.4, -0.2) is 23.5 Å². The van der Waals surface area contributed by atoms with Gasteiger partial charge in [-0.1, -0.05) is 54.6 Å². The predicted octanol–water partition coefficient (Wildman–Crippen LogP) is 2.54. The monoisotopic (exact) mass is 264 g/mol. The smallest absolute Gasteiger partial charge is 0.0406 e. The molecule has 1 saturated heterocycles. The molecule has 2 heteroatoms. The Hall–Kier alpha value is -1.64. The van der Waals surface area contributed by atoms with Gasteiger partial charge in [-0.25, -0.2) is 0 Å². The van der Waals surface area contributed by atoms with Crippen molar-refractivity contribution < 1.29 is 0 Å². The molecule has 0 radical (unpaired) electrons. The molecule has 4 rings (SSSR count). The zero-order chi connectivity index (χ0) is 13.6.